The number of nitrogens with one attached hydrogen (secondary N) is 2. The maximum absolute atomic E-state index is 12.0. The molecule has 0 fully saturated rings. The number of aliphatic hydroxyl groups excluding tert-OH is 1. The molecule has 1 heterocycles. The Morgan fingerprint density at radius 2 is 2.08 bits per heavy atom. The Morgan fingerprint density at radius 1 is 1.29 bits per heavy atom. The lowest BCUT2D eigenvalue weighted by Crippen LogP contribution is -2.41. The Bertz CT molecular complexity index is 640. The minimum absolute atomic E-state index is 0.150. The number of rotatable bonds is 7. The van der Waals surface area contributed by atoms with Gasteiger partial charge in [0.25, 0.3) is 0 Å². The van der Waals surface area contributed by atoms with E-state index in [1.807, 2.05) is 57.3 Å². The smallest absolute Gasteiger partial charge is 0.315 e. The fourth-order valence-electron chi connectivity index (χ4n) is 2.53. The van der Waals surface area contributed by atoms with Crippen molar-refractivity contribution in [3.8, 4) is 5.69 Å². The van der Waals surface area contributed by atoms with E-state index in [1.165, 1.54) is 0 Å². The third-order valence-electron chi connectivity index (χ3n) is 3.73. The zero-order chi connectivity index (χ0) is 17.5. The number of carbonyl (C=O) groups is 1. The van der Waals surface area contributed by atoms with Crippen LogP contribution in [0.4, 0.5) is 4.79 Å². The third kappa shape index (κ3) is 5.38. The first kappa shape index (κ1) is 18.0. The second kappa shape index (κ2) is 8.49. The van der Waals surface area contributed by atoms with Gasteiger partial charge in [-0.3, -0.25) is 0 Å². The summed E-state index contributed by atoms with van der Waals surface area (Å²) in [6.07, 6.45) is 3.75. The molecule has 2 rings (SSSR count). The van der Waals surface area contributed by atoms with E-state index in [0.717, 1.165) is 11.3 Å². The summed E-state index contributed by atoms with van der Waals surface area (Å²) in [7, 11) is 0. The molecular formula is C18H26N4O2. The van der Waals surface area contributed by atoms with Crippen molar-refractivity contribution < 1.29 is 9.90 Å². The highest BCUT2D eigenvalue weighted by Gasteiger charge is 2.12. The van der Waals surface area contributed by atoms with Gasteiger partial charge >= 0.3 is 6.03 Å². The lowest BCUT2D eigenvalue weighted by atomic mass is 10.1. The fourth-order valence-corrected chi connectivity index (χ4v) is 2.53. The summed E-state index contributed by atoms with van der Waals surface area (Å²) in [5, 5.41) is 19.6. The number of benzene rings is 1. The van der Waals surface area contributed by atoms with Crippen LogP contribution in [0.15, 0.2) is 42.7 Å². The summed E-state index contributed by atoms with van der Waals surface area (Å²) in [5.41, 5.74) is 1.93. The van der Waals surface area contributed by atoms with E-state index < -0.39 is 6.10 Å². The monoisotopic (exact) mass is 330 g/mol. The first-order valence-electron chi connectivity index (χ1n) is 8.28. The fraction of sp³-hybridized carbons (Fsp3) is 0.444. The summed E-state index contributed by atoms with van der Waals surface area (Å²) >= 11 is 0. The average molecular weight is 330 g/mol. The van der Waals surface area contributed by atoms with Crippen LogP contribution in [0, 0.1) is 5.92 Å². The molecule has 0 spiro atoms. The number of aliphatic hydroxyl groups is 1. The van der Waals surface area contributed by atoms with E-state index >= 15 is 0 Å². The first-order chi connectivity index (χ1) is 11.5. The Balaban J connectivity index is 1.89. The molecular weight excluding hydrogens is 304 g/mol. The lowest BCUT2D eigenvalue weighted by molar-refractivity contribution is 0.146. The average Bonchev–Trinajstić information content (AvgIpc) is 3.07. The normalized spacial score (nSPS) is 13.5. The molecule has 130 valence electrons. The Morgan fingerprint density at radius 3 is 2.75 bits per heavy atom. The number of aromatic nitrogens is 2. The molecule has 0 aliphatic rings. The van der Waals surface area contributed by atoms with Gasteiger partial charge in [0.05, 0.1) is 17.8 Å². The highest BCUT2D eigenvalue weighted by atomic mass is 16.3. The summed E-state index contributed by atoms with van der Waals surface area (Å²) in [5.74, 6) is 0.397. The molecule has 0 saturated carbocycles. The van der Waals surface area contributed by atoms with Gasteiger partial charge in [-0.05, 0) is 43.0 Å². The molecule has 1 aromatic carbocycles. The first-order valence-corrected chi connectivity index (χ1v) is 8.28. The SMILES string of the molecule is CC(C)CC(O)CNC(=O)NC(C)c1cccc(-n2cccn2)c1. The summed E-state index contributed by atoms with van der Waals surface area (Å²) in [6, 6.07) is 9.29. The van der Waals surface area contributed by atoms with Crippen molar-refractivity contribution in [3.05, 3.63) is 48.3 Å². The lowest BCUT2D eigenvalue weighted by Gasteiger charge is -2.18. The maximum atomic E-state index is 12.0. The zero-order valence-electron chi connectivity index (χ0n) is 14.4. The second-order valence-electron chi connectivity index (χ2n) is 6.41. The van der Waals surface area contributed by atoms with Crippen LogP contribution in [0.1, 0.15) is 38.8 Å². The molecule has 0 radical (unpaired) electrons. The minimum Gasteiger partial charge on any atom is -0.391 e. The van der Waals surface area contributed by atoms with Gasteiger partial charge in [-0.1, -0.05) is 26.0 Å². The van der Waals surface area contributed by atoms with Crippen molar-refractivity contribution in [1.29, 1.82) is 0 Å². The topological polar surface area (TPSA) is 79.2 Å². The predicted molar refractivity (Wildman–Crippen MR) is 94.0 cm³/mol. The molecule has 1 aromatic heterocycles. The standard InChI is InChI=1S/C18H26N4O2/c1-13(2)10-17(23)12-19-18(24)21-14(3)15-6-4-7-16(11-15)22-9-5-8-20-22/h4-9,11,13-14,17,23H,10,12H2,1-3H3,(H2,19,21,24). The largest absolute Gasteiger partial charge is 0.391 e. The van der Waals surface area contributed by atoms with E-state index in [4.69, 9.17) is 0 Å². The number of amides is 2. The van der Waals surface area contributed by atoms with Crippen LogP contribution in [-0.2, 0) is 0 Å². The van der Waals surface area contributed by atoms with Crippen molar-refractivity contribution in [3.63, 3.8) is 0 Å². The van der Waals surface area contributed by atoms with E-state index in [9.17, 15) is 9.90 Å². The van der Waals surface area contributed by atoms with Gasteiger partial charge < -0.3 is 15.7 Å². The molecule has 0 saturated heterocycles. The number of carbonyl (C=O) groups excluding carboxylic acids is 1. The summed E-state index contributed by atoms with van der Waals surface area (Å²) < 4.78 is 1.78. The van der Waals surface area contributed by atoms with E-state index in [2.05, 4.69) is 15.7 Å². The van der Waals surface area contributed by atoms with Crippen LogP contribution in [-0.4, -0.2) is 33.6 Å². The van der Waals surface area contributed by atoms with Crippen LogP contribution in [0.2, 0.25) is 0 Å². The van der Waals surface area contributed by atoms with Gasteiger partial charge in [-0.25, -0.2) is 9.48 Å². The van der Waals surface area contributed by atoms with Crippen molar-refractivity contribution in [2.24, 2.45) is 5.92 Å². The summed E-state index contributed by atoms with van der Waals surface area (Å²) in [6.45, 7) is 6.26. The van der Waals surface area contributed by atoms with E-state index in [1.54, 1.807) is 10.9 Å². The second-order valence-corrected chi connectivity index (χ2v) is 6.41. The van der Waals surface area contributed by atoms with Crippen molar-refractivity contribution >= 4 is 6.03 Å². The number of hydrogen-bond donors (Lipinski definition) is 3. The van der Waals surface area contributed by atoms with Crippen molar-refractivity contribution in [2.45, 2.75) is 39.3 Å². The highest BCUT2D eigenvalue weighted by Crippen LogP contribution is 2.16. The van der Waals surface area contributed by atoms with Crippen LogP contribution < -0.4 is 10.6 Å². The quantitative estimate of drug-likeness (QED) is 0.730. The Kier molecular flexibility index (Phi) is 6.37. The molecule has 2 amide bonds. The van der Waals surface area contributed by atoms with Crippen LogP contribution in [0.3, 0.4) is 0 Å². The molecule has 2 atom stereocenters. The molecule has 24 heavy (non-hydrogen) atoms. The van der Waals surface area contributed by atoms with E-state index in [0.29, 0.717) is 12.3 Å². The summed E-state index contributed by atoms with van der Waals surface area (Å²) in [4.78, 5) is 12.0. The molecule has 0 aliphatic heterocycles. The van der Waals surface area contributed by atoms with Crippen LogP contribution in [0.5, 0.6) is 0 Å². The van der Waals surface area contributed by atoms with E-state index in [-0.39, 0.29) is 18.6 Å². The van der Waals surface area contributed by atoms with Gasteiger partial charge in [0.15, 0.2) is 0 Å². The number of urea groups is 1. The molecule has 6 heteroatoms. The highest BCUT2D eigenvalue weighted by molar-refractivity contribution is 5.74. The molecule has 2 aromatic rings. The van der Waals surface area contributed by atoms with Gasteiger partial charge in [-0.2, -0.15) is 5.10 Å². The van der Waals surface area contributed by atoms with Crippen LogP contribution >= 0.6 is 0 Å². The maximum Gasteiger partial charge on any atom is 0.315 e. The third-order valence-corrected chi connectivity index (χ3v) is 3.73. The molecule has 2 unspecified atom stereocenters. The van der Waals surface area contributed by atoms with Gasteiger partial charge in [0, 0.05) is 18.9 Å². The molecule has 3 N–H and O–H groups in total. The van der Waals surface area contributed by atoms with Gasteiger partial charge in [0.1, 0.15) is 0 Å². The minimum atomic E-state index is -0.519. The Labute approximate surface area is 142 Å². The predicted octanol–water partition coefficient (Wildman–Crippen LogP) is 2.64. The zero-order valence-corrected chi connectivity index (χ0v) is 14.4. The van der Waals surface area contributed by atoms with Crippen molar-refractivity contribution in [1.82, 2.24) is 20.4 Å². The van der Waals surface area contributed by atoms with Crippen molar-refractivity contribution in [2.75, 3.05) is 6.54 Å². The molecule has 0 aliphatic carbocycles. The van der Waals surface area contributed by atoms with Crippen LogP contribution in [0.25, 0.3) is 5.69 Å². The van der Waals surface area contributed by atoms with Gasteiger partial charge in [-0.15, -0.1) is 0 Å². The number of nitrogens with zero attached hydrogens (tertiary/aromatic N) is 2. The molecule has 0 bridgehead atoms. The molecule has 6 nitrogen and oxygen atoms in total. The Hall–Kier alpha value is -2.34. The van der Waals surface area contributed by atoms with Gasteiger partial charge in [0.2, 0.25) is 0 Å². The number of hydrogen-bond acceptors (Lipinski definition) is 3.